The Labute approximate surface area is 839 Å². The monoisotopic (exact) mass is 1990 g/mol. The Hall–Kier alpha value is -18.4. The van der Waals surface area contributed by atoms with E-state index in [9.17, 15) is 36.7 Å². The Morgan fingerprint density at radius 2 is 0.750 bits per heavy atom. The zero-order valence-electron chi connectivity index (χ0n) is 80.7. The molecule has 4 amide bonds. The second kappa shape index (κ2) is 40.8. The number of hydrogen-bond donors (Lipinski definition) is 8. The Morgan fingerprint density at radius 3 is 1.14 bits per heavy atom. The first-order valence-corrected chi connectivity index (χ1v) is 47.8. The molecule has 3 fully saturated rings. The van der Waals surface area contributed by atoms with Gasteiger partial charge in [-0.3, -0.25) is 42.6 Å². The van der Waals surface area contributed by atoms with E-state index in [0.29, 0.717) is 99.6 Å². The maximum atomic E-state index is 14.1. The highest BCUT2D eigenvalue weighted by Crippen LogP contribution is 2.39. The number of anilines is 5. The topological polar surface area (TPSA) is 467 Å². The van der Waals surface area contributed by atoms with E-state index >= 15 is 0 Å². The van der Waals surface area contributed by atoms with Crippen molar-refractivity contribution in [3.63, 3.8) is 0 Å². The Kier molecular flexibility index (Phi) is 26.4. The molecule has 748 valence electrons. The highest BCUT2D eigenvalue weighted by atomic mass is 19.1. The molecule has 148 heavy (non-hydrogen) atoms. The SMILES string of the molecule is CC(c1ccc(F)cc1)n1cc(NC(=O)c2cc(-c3ccn4nc(N)nc4c3)c3cnn(C)c3c2)cn1.Cn1ncc2c(-c3ccn4nc(N)nc4c3)cc(C(=O)NCc3cc(F)ccc3CCC3CC3)cc21.Cn1ncc2c(-c3ccn4nc(N)nc4c3)cc(C(=O)NCc3cc(F)ccc3OC3CCOC3)cc21.Cn1ncc2c(-c3ccn4nc(N)nc4c3)cc(C(=O)NCc3cc(F)ccc3OC3CCOCC3)cc21. The molecule has 0 radical (unpaired) electrons. The van der Waals surface area contributed by atoms with Crippen molar-refractivity contribution < 1.29 is 55.7 Å². The number of rotatable bonds is 24. The van der Waals surface area contributed by atoms with E-state index in [0.717, 1.165) is 143 Å². The lowest BCUT2D eigenvalue weighted by Gasteiger charge is -2.24. The predicted molar refractivity (Wildman–Crippen MR) is 547 cm³/mol. The standard InChI is InChI=1S/C27H26FN7O3.C27H26FN7O.C26H22FN9O.C26H24FN7O3/c1-34-23-12-17(11-21(22(23)15-31-34)16-4-7-35-25(13-16)32-27(29)33-35)26(36)30-14-18-10-19(28)2-3-24(18)38-20-5-8-37-9-6-20;1-34-24-12-19(26(36)30-14-20-10-21(28)7-6-17(20)5-4-16-2-3-16)11-22(23(24)15-31-34)18-8-9-35-25(13-18)32-27(29)33-35;1-15(16-3-5-19(27)6-4-16)36-14-20(12-30-36)31-25(37)18-9-21(22-13-29-34(2)23(22)10-18)17-7-8-35-24(11-17)32-26(28)33-35;1-33-22-10-16(9-20(21(22)13-30-33)15-4-6-34-24(11-15)31-26(28)32-34)25(35)29-12-17-8-18(27)2-3-23(17)37-19-5-7-36-14-19/h2-4,7,10-13,15,20H,5-6,8-9,14H2,1H3,(H2,29,33)(H,30,36);6-13,15-16H,2-5,14H2,1H3,(H2,29,33)(H,30,36);3-15H,1-2H3,(H2,28,33)(H,31,37);2-4,6,8-11,13,19H,5,7,12,14H2,1H3,(H2,28,32)(H,29,35). The molecule has 42 heteroatoms. The highest BCUT2D eigenvalue weighted by molar-refractivity contribution is 6.10. The molecule has 8 aromatic carbocycles. The summed E-state index contributed by atoms with van der Waals surface area (Å²) in [5, 5.41) is 53.8. The van der Waals surface area contributed by atoms with E-state index in [-0.39, 0.29) is 96.9 Å². The molecule has 38 nitrogen and oxygen atoms in total. The van der Waals surface area contributed by atoms with Crippen molar-refractivity contribution in [1.29, 1.82) is 0 Å². The third-order valence-corrected chi connectivity index (χ3v) is 26.5. The summed E-state index contributed by atoms with van der Waals surface area (Å²) in [5.74, 6) is 0.106. The van der Waals surface area contributed by atoms with Crippen LogP contribution in [0.2, 0.25) is 0 Å². The van der Waals surface area contributed by atoms with E-state index in [4.69, 9.17) is 41.9 Å². The second-order valence-electron chi connectivity index (χ2n) is 36.5. The lowest BCUT2D eigenvalue weighted by molar-refractivity contribution is 0.0251. The number of nitrogen functional groups attached to an aromatic ring is 4. The average Bonchev–Trinajstić information content (AvgIpc) is 1.61. The number of nitrogens with one attached hydrogen (secondary N) is 4. The average molecular weight is 2000 g/mol. The van der Waals surface area contributed by atoms with Crippen LogP contribution in [-0.2, 0) is 63.7 Å². The van der Waals surface area contributed by atoms with Gasteiger partial charge >= 0.3 is 0 Å². The van der Waals surface area contributed by atoms with Gasteiger partial charge in [0, 0.05) is 153 Å². The number of halogens is 4. The molecule has 24 rings (SSSR count). The molecular formula is C106H98F4N30O8. The van der Waals surface area contributed by atoms with Gasteiger partial charge in [-0.05, 0) is 245 Å². The van der Waals surface area contributed by atoms with Crippen LogP contribution in [0.4, 0.5) is 47.0 Å². The maximum Gasteiger partial charge on any atom is 0.255 e. The van der Waals surface area contributed by atoms with Gasteiger partial charge in [0.05, 0.1) is 91.2 Å². The first-order chi connectivity index (χ1) is 71.7. The fourth-order valence-electron chi connectivity index (χ4n) is 18.4. The third-order valence-electron chi connectivity index (χ3n) is 26.5. The van der Waals surface area contributed by atoms with Gasteiger partial charge in [-0.15, -0.1) is 20.4 Å². The number of ether oxygens (including phenoxy) is 4. The second-order valence-corrected chi connectivity index (χ2v) is 36.5. The van der Waals surface area contributed by atoms with Gasteiger partial charge in [0.1, 0.15) is 47.0 Å². The van der Waals surface area contributed by atoms with Crippen molar-refractivity contribution in [2.75, 3.05) is 54.7 Å². The van der Waals surface area contributed by atoms with Gasteiger partial charge in [0.15, 0.2) is 22.6 Å². The molecule has 3 aliphatic rings. The van der Waals surface area contributed by atoms with Crippen molar-refractivity contribution in [1.82, 2.24) is 123 Å². The number of nitrogens with zero attached hydrogens (tertiary/aromatic N) is 22. The normalized spacial score (nSPS) is 13.9. The molecule has 12 N–H and O–H groups in total. The van der Waals surface area contributed by atoms with Gasteiger partial charge in [0.25, 0.3) is 23.6 Å². The molecule has 15 heterocycles. The van der Waals surface area contributed by atoms with Gasteiger partial charge in [-0.1, -0.05) is 31.0 Å². The zero-order chi connectivity index (χ0) is 102. The summed E-state index contributed by atoms with van der Waals surface area (Å²) in [6, 6.07) is 49.2. The molecule has 1 aliphatic carbocycles. The molecule has 0 spiro atoms. The molecule has 2 unspecified atom stereocenters. The number of fused-ring (bicyclic) bond motifs is 8. The van der Waals surface area contributed by atoms with Crippen molar-refractivity contribution in [3.8, 4) is 56.0 Å². The van der Waals surface area contributed by atoms with Crippen LogP contribution in [0.25, 0.3) is 111 Å². The molecule has 0 bridgehead atoms. The van der Waals surface area contributed by atoms with E-state index in [2.05, 4.69) is 87.1 Å². The summed E-state index contributed by atoms with van der Waals surface area (Å²) in [6.45, 7) is 4.82. The fraction of sp³-hybridized carbons (Fsp3) is 0.217. The summed E-state index contributed by atoms with van der Waals surface area (Å²) in [6.07, 6.45) is 24.3. The highest BCUT2D eigenvalue weighted by Gasteiger charge is 2.28. The van der Waals surface area contributed by atoms with Gasteiger partial charge in [0.2, 0.25) is 23.8 Å². The first kappa shape index (κ1) is 95.8. The van der Waals surface area contributed by atoms with Crippen molar-refractivity contribution >= 4 is 119 Å². The van der Waals surface area contributed by atoms with E-state index < -0.39 is 11.6 Å². The van der Waals surface area contributed by atoms with Crippen LogP contribution in [0.15, 0.2) is 238 Å². The lowest BCUT2D eigenvalue weighted by atomic mass is 9.99. The number of pyridine rings is 4. The Morgan fingerprint density at radius 1 is 0.392 bits per heavy atom. The van der Waals surface area contributed by atoms with Crippen LogP contribution in [-0.4, -0.2) is 170 Å². The summed E-state index contributed by atoms with van der Waals surface area (Å²) >= 11 is 0. The van der Waals surface area contributed by atoms with Crippen LogP contribution in [0.5, 0.6) is 11.5 Å². The third kappa shape index (κ3) is 20.8. The molecule has 1 saturated carbocycles. The van der Waals surface area contributed by atoms with Crippen molar-refractivity contribution in [2.24, 2.45) is 34.1 Å². The minimum Gasteiger partial charge on any atom is -0.490 e. The fourth-order valence-corrected chi connectivity index (χ4v) is 18.4. The Balaban J connectivity index is 0.000000116. The van der Waals surface area contributed by atoms with Gasteiger partial charge < -0.3 is 63.1 Å². The number of hydrogen-bond acceptors (Lipinski definition) is 25. The predicted octanol–water partition coefficient (Wildman–Crippen LogP) is 14.9. The molecule has 2 atom stereocenters. The number of carbonyl (C=O) groups excluding carboxylic acids is 4. The van der Waals surface area contributed by atoms with E-state index in [1.165, 1.54) is 61.4 Å². The number of nitrogens with two attached hydrogens (primary N) is 4. The molecule has 21 aromatic rings. The van der Waals surface area contributed by atoms with Crippen LogP contribution in [0, 0.1) is 29.2 Å². The van der Waals surface area contributed by atoms with Crippen molar-refractivity contribution in [3.05, 3.63) is 311 Å². The zero-order valence-corrected chi connectivity index (χ0v) is 80.7. The van der Waals surface area contributed by atoms with Crippen LogP contribution >= 0.6 is 0 Å². The number of benzene rings is 8. The molecular weight excluding hydrogens is 1900 g/mol. The minimum absolute atomic E-state index is 0.00330. The minimum atomic E-state index is -0.401. The first-order valence-electron chi connectivity index (χ1n) is 47.8. The van der Waals surface area contributed by atoms with Gasteiger partial charge in [-0.2, -0.15) is 45.4 Å². The summed E-state index contributed by atoms with van der Waals surface area (Å²) in [5.41, 5.74) is 41.6. The quantitative estimate of drug-likeness (QED) is 0.0260. The van der Waals surface area contributed by atoms with Crippen molar-refractivity contribution in [2.45, 2.75) is 89.8 Å². The Bertz CT molecular complexity index is 8680. The summed E-state index contributed by atoms with van der Waals surface area (Å²) in [7, 11) is 7.31. The van der Waals surface area contributed by atoms with Crippen LogP contribution in [0.3, 0.4) is 0 Å². The number of aryl methyl sites for hydroxylation is 5. The molecule has 2 aliphatic heterocycles. The number of carbonyl (C=O) groups is 4. The maximum absolute atomic E-state index is 14.1. The smallest absolute Gasteiger partial charge is 0.255 e. The van der Waals surface area contributed by atoms with Crippen LogP contribution < -0.4 is 53.7 Å². The van der Waals surface area contributed by atoms with E-state index in [1.54, 1.807) is 146 Å². The lowest BCUT2D eigenvalue weighted by Crippen LogP contribution is -2.27. The molecule has 13 aromatic heterocycles. The number of amides is 4. The number of aromatic nitrogens is 22. The van der Waals surface area contributed by atoms with E-state index in [1.807, 2.05) is 120 Å². The molecule has 2 saturated heterocycles. The largest absolute Gasteiger partial charge is 0.490 e. The summed E-state index contributed by atoms with van der Waals surface area (Å²) in [4.78, 5) is 70.2. The van der Waals surface area contributed by atoms with Gasteiger partial charge in [-0.25, -0.2) is 35.6 Å². The van der Waals surface area contributed by atoms with Crippen LogP contribution in [0.1, 0.15) is 121 Å². The summed E-state index contributed by atoms with van der Waals surface area (Å²) < 4.78 is 93.3.